The molecule has 19 heavy (non-hydrogen) atoms. The minimum Gasteiger partial charge on any atom is -0.459 e. The Morgan fingerprint density at radius 3 is 2.26 bits per heavy atom. The van der Waals surface area contributed by atoms with Gasteiger partial charge in [0.15, 0.2) is 0 Å². The predicted octanol–water partition coefficient (Wildman–Crippen LogP) is -1.97. The number of nitrogens with two attached hydrogens (primary N) is 1. The molecule has 8 heteroatoms. The van der Waals surface area contributed by atoms with Gasteiger partial charge in [0.1, 0.15) is 11.4 Å². The summed E-state index contributed by atoms with van der Waals surface area (Å²) < 4.78 is 5.89. The van der Waals surface area contributed by atoms with Crippen LogP contribution in [0.15, 0.2) is 9.59 Å². The van der Waals surface area contributed by atoms with Crippen molar-refractivity contribution in [1.29, 1.82) is 0 Å². The van der Waals surface area contributed by atoms with Crippen molar-refractivity contribution in [3.05, 3.63) is 26.4 Å². The van der Waals surface area contributed by atoms with E-state index in [2.05, 4.69) is 4.74 Å². The van der Waals surface area contributed by atoms with Crippen LogP contribution < -0.4 is 17.0 Å². The lowest BCUT2D eigenvalue weighted by molar-refractivity contribution is -0.133. The van der Waals surface area contributed by atoms with Crippen molar-refractivity contribution >= 4 is 17.6 Å². The number of Topliss-reactive ketones (excluding diaryl/α,β-unsaturated/α-hetero) is 1. The van der Waals surface area contributed by atoms with Crippen molar-refractivity contribution in [2.45, 2.75) is 0 Å². The molecule has 0 spiro atoms. The molecule has 0 unspecified atom stereocenters. The molecule has 1 heterocycles. The van der Waals surface area contributed by atoms with Crippen molar-refractivity contribution in [3.8, 4) is 11.8 Å². The monoisotopic (exact) mass is 265 g/mol. The van der Waals surface area contributed by atoms with Crippen LogP contribution >= 0.6 is 0 Å². The van der Waals surface area contributed by atoms with Crippen LogP contribution in [0.3, 0.4) is 0 Å². The van der Waals surface area contributed by atoms with Crippen LogP contribution in [0, 0.1) is 11.8 Å². The Kier molecular flexibility index (Phi) is 3.91. The average Bonchev–Trinajstić information content (AvgIpc) is 2.40. The lowest BCUT2D eigenvalue weighted by Crippen LogP contribution is -2.41. The highest BCUT2D eigenvalue weighted by atomic mass is 16.5. The second kappa shape index (κ2) is 5.22. The van der Waals surface area contributed by atoms with Crippen molar-refractivity contribution < 1.29 is 14.3 Å². The van der Waals surface area contributed by atoms with Gasteiger partial charge in [-0.05, 0) is 5.92 Å². The Bertz CT molecular complexity index is 730. The molecule has 8 nitrogen and oxygen atoms in total. The van der Waals surface area contributed by atoms with E-state index < -0.39 is 28.6 Å². The number of nitrogens with zero attached hydrogens (tertiary/aromatic N) is 2. The zero-order valence-electron chi connectivity index (χ0n) is 10.5. The average molecular weight is 265 g/mol. The summed E-state index contributed by atoms with van der Waals surface area (Å²) in [6, 6.07) is 0. The van der Waals surface area contributed by atoms with Gasteiger partial charge in [-0.2, -0.15) is 0 Å². The Morgan fingerprint density at radius 1 is 1.16 bits per heavy atom. The van der Waals surface area contributed by atoms with Crippen LogP contribution in [0.5, 0.6) is 0 Å². The SMILES string of the molecule is COC(=O)C#CC(=O)c1c(N)n(C)c(=O)n(C)c1=O. The number of anilines is 1. The molecule has 1 rings (SSSR count). The topological polar surface area (TPSA) is 113 Å². The molecule has 0 saturated heterocycles. The summed E-state index contributed by atoms with van der Waals surface area (Å²) in [5, 5.41) is 0. The highest BCUT2D eigenvalue weighted by Crippen LogP contribution is 2.02. The van der Waals surface area contributed by atoms with Crippen LogP contribution in [-0.2, 0) is 23.6 Å². The highest BCUT2D eigenvalue weighted by molar-refractivity contribution is 6.13. The van der Waals surface area contributed by atoms with Gasteiger partial charge in [-0.3, -0.25) is 18.7 Å². The quantitative estimate of drug-likeness (QED) is 0.207. The molecule has 0 aliphatic carbocycles. The summed E-state index contributed by atoms with van der Waals surface area (Å²) in [4.78, 5) is 45.8. The number of hydrogen-bond donors (Lipinski definition) is 1. The molecular formula is C11H11N3O5. The molecule has 0 aromatic carbocycles. The molecule has 0 fully saturated rings. The fraction of sp³-hybridized carbons (Fsp3) is 0.273. The summed E-state index contributed by atoms with van der Waals surface area (Å²) in [6.07, 6.45) is 0. The van der Waals surface area contributed by atoms with Gasteiger partial charge in [-0.15, -0.1) is 0 Å². The summed E-state index contributed by atoms with van der Waals surface area (Å²) >= 11 is 0. The number of aromatic nitrogens is 2. The predicted molar refractivity (Wildman–Crippen MR) is 65.5 cm³/mol. The molecule has 0 aliphatic heterocycles. The minimum atomic E-state index is -0.959. The normalized spacial score (nSPS) is 9.42. The van der Waals surface area contributed by atoms with Crippen LogP contribution in [-0.4, -0.2) is 28.0 Å². The van der Waals surface area contributed by atoms with Gasteiger partial charge in [0.2, 0.25) is 5.78 Å². The molecule has 0 radical (unpaired) electrons. The maximum Gasteiger partial charge on any atom is 0.384 e. The summed E-state index contributed by atoms with van der Waals surface area (Å²) in [5.74, 6) is 1.63. The van der Waals surface area contributed by atoms with Gasteiger partial charge in [-0.25, -0.2) is 9.59 Å². The smallest absolute Gasteiger partial charge is 0.384 e. The van der Waals surface area contributed by atoms with Gasteiger partial charge < -0.3 is 10.5 Å². The van der Waals surface area contributed by atoms with Crippen LogP contribution in [0.2, 0.25) is 0 Å². The molecule has 2 N–H and O–H groups in total. The number of nitrogen functional groups attached to an aromatic ring is 1. The standard InChI is InChI=1S/C11H11N3O5/c1-13-9(12)8(10(17)14(2)11(13)18)6(15)4-5-7(16)19-3/h12H2,1-3H3. The second-order valence-corrected chi connectivity index (χ2v) is 3.54. The molecular weight excluding hydrogens is 254 g/mol. The number of esters is 1. The first-order valence-electron chi connectivity index (χ1n) is 5.01. The van der Waals surface area contributed by atoms with Crippen molar-refractivity contribution in [2.24, 2.45) is 14.1 Å². The molecule has 100 valence electrons. The second-order valence-electron chi connectivity index (χ2n) is 3.54. The van der Waals surface area contributed by atoms with Gasteiger partial charge >= 0.3 is 11.7 Å². The van der Waals surface area contributed by atoms with E-state index in [0.29, 0.717) is 0 Å². The first-order valence-corrected chi connectivity index (χ1v) is 5.01. The van der Waals surface area contributed by atoms with E-state index in [1.54, 1.807) is 0 Å². The molecule has 0 saturated carbocycles. The Labute approximate surface area is 107 Å². The van der Waals surface area contributed by atoms with E-state index in [9.17, 15) is 19.2 Å². The van der Waals surface area contributed by atoms with Crippen molar-refractivity contribution in [3.63, 3.8) is 0 Å². The Hall–Kier alpha value is -2.82. The van der Waals surface area contributed by atoms with Gasteiger partial charge in [0, 0.05) is 20.0 Å². The Balaban J connectivity index is 3.48. The van der Waals surface area contributed by atoms with E-state index in [1.165, 1.54) is 14.1 Å². The maximum absolute atomic E-state index is 11.8. The lowest BCUT2D eigenvalue weighted by Gasteiger charge is -2.08. The van der Waals surface area contributed by atoms with Gasteiger partial charge in [0.25, 0.3) is 5.56 Å². The summed E-state index contributed by atoms with van der Waals surface area (Å²) in [5.41, 5.74) is 3.54. The van der Waals surface area contributed by atoms with Gasteiger partial charge in [0.05, 0.1) is 7.11 Å². The number of ether oxygens (including phenoxy) is 1. The molecule has 0 amide bonds. The van der Waals surface area contributed by atoms with E-state index >= 15 is 0 Å². The summed E-state index contributed by atoms with van der Waals surface area (Å²) in [6.45, 7) is 0. The van der Waals surface area contributed by atoms with E-state index in [4.69, 9.17) is 5.73 Å². The van der Waals surface area contributed by atoms with Crippen LogP contribution in [0.1, 0.15) is 10.4 Å². The number of ketones is 1. The zero-order chi connectivity index (χ0) is 14.7. The third-order valence-corrected chi connectivity index (χ3v) is 2.40. The largest absolute Gasteiger partial charge is 0.459 e. The lowest BCUT2D eigenvalue weighted by atomic mass is 10.2. The number of carbonyl (C=O) groups is 2. The number of rotatable bonds is 1. The fourth-order valence-electron chi connectivity index (χ4n) is 1.29. The molecule has 0 bridgehead atoms. The molecule has 1 aromatic rings. The van der Waals surface area contributed by atoms with E-state index in [1.807, 2.05) is 11.8 Å². The number of hydrogen-bond acceptors (Lipinski definition) is 6. The van der Waals surface area contributed by atoms with Crippen molar-refractivity contribution in [2.75, 3.05) is 12.8 Å². The zero-order valence-corrected chi connectivity index (χ0v) is 10.5. The molecule has 1 aromatic heterocycles. The summed E-state index contributed by atoms with van der Waals surface area (Å²) in [7, 11) is 3.61. The Morgan fingerprint density at radius 2 is 1.74 bits per heavy atom. The van der Waals surface area contributed by atoms with Crippen LogP contribution in [0.4, 0.5) is 5.82 Å². The first-order chi connectivity index (χ1) is 8.81. The van der Waals surface area contributed by atoms with E-state index in [0.717, 1.165) is 16.2 Å². The minimum absolute atomic E-state index is 0.308. The fourth-order valence-corrected chi connectivity index (χ4v) is 1.29. The highest BCUT2D eigenvalue weighted by Gasteiger charge is 2.18. The number of methoxy groups -OCH3 is 1. The first kappa shape index (κ1) is 14.2. The molecule has 0 aliphatic rings. The third-order valence-electron chi connectivity index (χ3n) is 2.40. The third kappa shape index (κ3) is 2.55. The van der Waals surface area contributed by atoms with Crippen LogP contribution in [0.25, 0.3) is 0 Å². The van der Waals surface area contributed by atoms with Crippen molar-refractivity contribution in [1.82, 2.24) is 9.13 Å². The molecule has 0 atom stereocenters. The number of carbonyl (C=O) groups excluding carboxylic acids is 2. The van der Waals surface area contributed by atoms with Gasteiger partial charge in [-0.1, -0.05) is 0 Å². The van der Waals surface area contributed by atoms with E-state index in [-0.39, 0.29) is 5.82 Å². The maximum atomic E-state index is 11.8.